The third-order valence-electron chi connectivity index (χ3n) is 6.37. The number of carbonyl (C=O) groups excluding carboxylic acids is 1. The lowest BCUT2D eigenvalue weighted by Gasteiger charge is -2.29. The number of amides is 1. The van der Waals surface area contributed by atoms with E-state index in [2.05, 4.69) is 19.9 Å². The Morgan fingerprint density at radius 1 is 1.06 bits per heavy atom. The molecule has 9 nitrogen and oxygen atoms in total. The summed E-state index contributed by atoms with van der Waals surface area (Å²) in [5.74, 6) is 0.0594. The van der Waals surface area contributed by atoms with Crippen LogP contribution in [0.25, 0.3) is 16.8 Å². The van der Waals surface area contributed by atoms with Crippen molar-refractivity contribution in [1.29, 1.82) is 0 Å². The molecule has 3 aromatic heterocycles. The number of rotatable bonds is 4. The average molecular weight is 474 g/mol. The zero-order chi connectivity index (χ0) is 23.9. The number of aromatic nitrogens is 4. The number of pyridine rings is 1. The van der Waals surface area contributed by atoms with Crippen molar-refractivity contribution in [2.24, 2.45) is 0 Å². The minimum absolute atomic E-state index is 0.0942. The number of nitrogens with zero attached hydrogens (tertiary/aromatic N) is 6. The van der Waals surface area contributed by atoms with Gasteiger partial charge in [-0.2, -0.15) is 0 Å². The predicted octanol–water partition coefficient (Wildman–Crippen LogP) is 3.00. The van der Waals surface area contributed by atoms with Crippen LogP contribution in [0.1, 0.15) is 11.4 Å². The lowest BCUT2D eigenvalue weighted by molar-refractivity contribution is -0.121. The smallest absolute Gasteiger partial charge is 0.265 e. The molecule has 6 rings (SSSR count). The number of para-hydroxylation sites is 1. The normalized spacial score (nSPS) is 15.9. The van der Waals surface area contributed by atoms with Gasteiger partial charge < -0.3 is 18.8 Å². The highest BCUT2D eigenvalue weighted by Crippen LogP contribution is 2.35. The third kappa shape index (κ3) is 3.85. The van der Waals surface area contributed by atoms with E-state index in [4.69, 9.17) is 9.47 Å². The molecule has 5 heterocycles. The van der Waals surface area contributed by atoms with Gasteiger partial charge in [0.25, 0.3) is 5.91 Å². The van der Waals surface area contributed by atoms with Gasteiger partial charge in [-0.05, 0) is 31.2 Å². The highest BCUT2D eigenvalue weighted by molar-refractivity contribution is 5.97. The van der Waals surface area contributed by atoms with E-state index in [9.17, 15) is 9.18 Å². The second kappa shape index (κ2) is 8.62. The molecule has 10 heteroatoms. The van der Waals surface area contributed by atoms with Crippen molar-refractivity contribution < 1.29 is 18.7 Å². The third-order valence-corrected chi connectivity index (χ3v) is 6.37. The highest BCUT2D eigenvalue weighted by atomic mass is 19.1. The Morgan fingerprint density at radius 3 is 2.66 bits per heavy atom. The van der Waals surface area contributed by atoms with Crippen LogP contribution in [0.2, 0.25) is 0 Å². The summed E-state index contributed by atoms with van der Waals surface area (Å²) in [5, 5.41) is 0. The molecular formula is C25H23FN6O3. The molecule has 1 aromatic carbocycles. The fourth-order valence-corrected chi connectivity index (χ4v) is 4.49. The molecule has 0 bridgehead atoms. The van der Waals surface area contributed by atoms with Gasteiger partial charge in [-0.15, -0.1) is 0 Å². The fraction of sp³-hybridized carbons (Fsp3) is 0.280. The number of ether oxygens (including phenoxy) is 2. The Balaban J connectivity index is 1.34. The molecular weight excluding hydrogens is 451 g/mol. The molecule has 1 amide bonds. The molecule has 1 fully saturated rings. The number of halogens is 1. The molecule has 0 N–H and O–H groups in total. The molecule has 4 aromatic rings. The molecule has 2 aliphatic heterocycles. The lowest BCUT2D eigenvalue weighted by atomic mass is 10.1. The molecule has 0 saturated carbocycles. The van der Waals surface area contributed by atoms with E-state index in [1.807, 2.05) is 42.0 Å². The van der Waals surface area contributed by atoms with E-state index in [0.717, 1.165) is 41.3 Å². The maximum atomic E-state index is 14.3. The van der Waals surface area contributed by atoms with Gasteiger partial charge in [0.1, 0.15) is 5.65 Å². The molecule has 35 heavy (non-hydrogen) atoms. The average Bonchev–Trinajstić information content (AvgIpc) is 3.20. The quantitative estimate of drug-likeness (QED) is 0.450. The first-order chi connectivity index (χ1) is 17.1. The first kappa shape index (κ1) is 21.5. The van der Waals surface area contributed by atoms with Crippen molar-refractivity contribution in [1.82, 2.24) is 19.4 Å². The fourth-order valence-electron chi connectivity index (χ4n) is 4.49. The van der Waals surface area contributed by atoms with Crippen LogP contribution in [0, 0.1) is 12.7 Å². The molecule has 178 valence electrons. The van der Waals surface area contributed by atoms with Crippen LogP contribution < -0.4 is 14.5 Å². The number of benzene rings is 1. The summed E-state index contributed by atoms with van der Waals surface area (Å²) < 4.78 is 27.0. The van der Waals surface area contributed by atoms with Gasteiger partial charge in [-0.25, -0.2) is 19.3 Å². The van der Waals surface area contributed by atoms with Crippen molar-refractivity contribution in [2.75, 3.05) is 42.7 Å². The van der Waals surface area contributed by atoms with E-state index < -0.39 is 5.82 Å². The lowest BCUT2D eigenvalue weighted by Crippen LogP contribution is -2.39. The molecule has 1 saturated heterocycles. The summed E-state index contributed by atoms with van der Waals surface area (Å²) in [6.07, 6.45) is 5.59. The largest absolute Gasteiger partial charge is 0.478 e. The Hall–Kier alpha value is -4.05. The second-order valence-electron chi connectivity index (χ2n) is 8.52. The van der Waals surface area contributed by atoms with Gasteiger partial charge in [0.2, 0.25) is 5.95 Å². The van der Waals surface area contributed by atoms with Crippen molar-refractivity contribution in [3.05, 3.63) is 66.1 Å². The van der Waals surface area contributed by atoms with Gasteiger partial charge in [0.05, 0.1) is 36.8 Å². The molecule has 0 atom stereocenters. The SMILES string of the molecule is Cc1nc2ccc(-c3cnc(N4CCOCC4)nc3)cn2c1CN1C(=O)COc2c(F)cccc21. The number of anilines is 2. The minimum atomic E-state index is -0.488. The van der Waals surface area contributed by atoms with E-state index in [-0.39, 0.29) is 24.8 Å². The first-order valence-corrected chi connectivity index (χ1v) is 11.4. The summed E-state index contributed by atoms with van der Waals surface area (Å²) in [7, 11) is 0. The van der Waals surface area contributed by atoms with E-state index in [1.165, 1.54) is 6.07 Å². The number of fused-ring (bicyclic) bond motifs is 2. The van der Waals surface area contributed by atoms with Gasteiger partial charge in [-0.1, -0.05) is 6.07 Å². The number of hydrogen-bond acceptors (Lipinski definition) is 7. The van der Waals surface area contributed by atoms with Crippen LogP contribution in [0.15, 0.2) is 48.9 Å². The highest BCUT2D eigenvalue weighted by Gasteiger charge is 2.29. The molecule has 2 aliphatic rings. The van der Waals surface area contributed by atoms with Crippen LogP contribution in [0.3, 0.4) is 0 Å². The van der Waals surface area contributed by atoms with Crippen LogP contribution in [0.5, 0.6) is 5.75 Å². The summed E-state index contributed by atoms with van der Waals surface area (Å²) in [6.45, 7) is 4.83. The number of carbonyl (C=O) groups is 1. The van der Waals surface area contributed by atoms with Crippen molar-refractivity contribution in [2.45, 2.75) is 13.5 Å². The topological polar surface area (TPSA) is 85.1 Å². The molecule has 0 radical (unpaired) electrons. The standard InChI is InChI=1S/C25H23FN6O3/c1-16-21(14-32-20-4-2-3-19(26)24(20)35-15-23(32)33)31-13-17(5-6-22(31)29-16)18-11-27-25(28-12-18)30-7-9-34-10-8-30/h2-6,11-13H,7-10,14-15H2,1H3. The minimum Gasteiger partial charge on any atom is -0.478 e. The van der Waals surface area contributed by atoms with Crippen LogP contribution >= 0.6 is 0 Å². The van der Waals surface area contributed by atoms with E-state index in [1.54, 1.807) is 17.0 Å². The summed E-state index contributed by atoms with van der Waals surface area (Å²) in [5.41, 5.74) is 4.59. The van der Waals surface area contributed by atoms with Crippen LogP contribution in [-0.4, -0.2) is 58.2 Å². The Morgan fingerprint density at radius 2 is 1.86 bits per heavy atom. The molecule has 0 unspecified atom stereocenters. The van der Waals surface area contributed by atoms with E-state index in [0.29, 0.717) is 24.8 Å². The van der Waals surface area contributed by atoms with Gasteiger partial charge in [0, 0.05) is 42.8 Å². The van der Waals surface area contributed by atoms with Crippen molar-refractivity contribution in [3.63, 3.8) is 0 Å². The summed E-state index contributed by atoms with van der Waals surface area (Å²) in [4.78, 5) is 30.1. The Kier molecular flexibility index (Phi) is 5.29. The van der Waals surface area contributed by atoms with Gasteiger partial charge in [0.15, 0.2) is 18.2 Å². The van der Waals surface area contributed by atoms with Crippen molar-refractivity contribution in [3.8, 4) is 16.9 Å². The first-order valence-electron chi connectivity index (χ1n) is 11.4. The number of hydrogen-bond donors (Lipinski definition) is 0. The zero-order valence-electron chi connectivity index (χ0n) is 19.1. The van der Waals surface area contributed by atoms with Crippen LogP contribution in [-0.2, 0) is 16.1 Å². The Bertz CT molecular complexity index is 1410. The maximum absolute atomic E-state index is 14.3. The Labute approximate surface area is 200 Å². The molecule has 0 aliphatic carbocycles. The monoisotopic (exact) mass is 474 g/mol. The molecule has 0 spiro atoms. The number of morpholine rings is 1. The second-order valence-corrected chi connectivity index (χ2v) is 8.52. The number of imidazole rings is 1. The van der Waals surface area contributed by atoms with Crippen molar-refractivity contribution >= 4 is 23.2 Å². The maximum Gasteiger partial charge on any atom is 0.265 e. The van der Waals surface area contributed by atoms with Gasteiger partial charge >= 0.3 is 0 Å². The summed E-state index contributed by atoms with van der Waals surface area (Å²) >= 11 is 0. The predicted molar refractivity (Wildman–Crippen MR) is 127 cm³/mol. The van der Waals surface area contributed by atoms with E-state index >= 15 is 0 Å². The summed E-state index contributed by atoms with van der Waals surface area (Å²) in [6, 6.07) is 8.49. The number of aryl methyl sites for hydroxylation is 1. The van der Waals surface area contributed by atoms with Gasteiger partial charge in [-0.3, -0.25) is 9.69 Å². The van der Waals surface area contributed by atoms with Crippen LogP contribution in [0.4, 0.5) is 16.0 Å². The zero-order valence-corrected chi connectivity index (χ0v) is 19.1.